The lowest BCUT2D eigenvalue weighted by molar-refractivity contribution is -0.192. The molecule has 0 radical (unpaired) electrons. The quantitative estimate of drug-likeness (QED) is 0.262. The molecule has 0 atom stereocenters. The van der Waals surface area contributed by atoms with Crippen molar-refractivity contribution in [3.63, 3.8) is 0 Å². The minimum atomic E-state index is -5.08. The predicted octanol–water partition coefficient (Wildman–Crippen LogP) is 4.19. The number of nitrogens with one attached hydrogen (secondary N) is 3. The lowest BCUT2D eigenvalue weighted by Gasteiger charge is -2.27. The maximum Gasteiger partial charge on any atom is 0.490 e. The van der Waals surface area contributed by atoms with E-state index in [0.717, 1.165) is 30.5 Å². The molecule has 2 amide bonds. The predicted molar refractivity (Wildman–Crippen MR) is 174 cm³/mol. The zero-order chi connectivity index (χ0) is 36.7. The Morgan fingerprint density at radius 3 is 2.16 bits per heavy atom. The Morgan fingerprint density at radius 2 is 1.61 bits per heavy atom. The number of anilines is 2. The molecule has 0 saturated carbocycles. The van der Waals surface area contributed by atoms with E-state index in [0.29, 0.717) is 24.5 Å². The number of rotatable bonds is 8. The van der Waals surface area contributed by atoms with Crippen LogP contribution in [0.2, 0.25) is 0 Å². The van der Waals surface area contributed by atoms with Crippen molar-refractivity contribution in [3.8, 4) is 17.4 Å². The van der Waals surface area contributed by atoms with Crippen LogP contribution in [0.25, 0.3) is 0 Å². The van der Waals surface area contributed by atoms with Crippen LogP contribution in [0.1, 0.15) is 52.7 Å². The van der Waals surface area contributed by atoms with Crippen LogP contribution in [0, 0.1) is 6.92 Å². The normalized spacial score (nSPS) is 13.4. The van der Waals surface area contributed by atoms with Crippen molar-refractivity contribution in [2.45, 2.75) is 39.3 Å². The lowest BCUT2D eigenvalue weighted by atomic mass is 9.86. The van der Waals surface area contributed by atoms with Crippen molar-refractivity contribution in [1.29, 1.82) is 0 Å². The highest BCUT2D eigenvalue weighted by atomic mass is 32.2. The van der Waals surface area contributed by atoms with Gasteiger partial charge in [0.1, 0.15) is 17.8 Å². The molecule has 1 aliphatic heterocycles. The zero-order valence-electron chi connectivity index (χ0n) is 27.6. The molecule has 49 heavy (non-hydrogen) atoms. The first-order valence-corrected chi connectivity index (χ1v) is 16.5. The molecule has 2 heterocycles. The Bertz CT molecular complexity index is 1810. The maximum atomic E-state index is 13.4. The summed E-state index contributed by atoms with van der Waals surface area (Å²) in [6, 6.07) is 9.88. The first kappa shape index (κ1) is 38.5. The van der Waals surface area contributed by atoms with Crippen molar-refractivity contribution in [1.82, 2.24) is 20.2 Å². The van der Waals surface area contributed by atoms with Crippen LogP contribution in [-0.2, 0) is 20.2 Å². The standard InChI is InChI=1S/C29H36N6O6S.C2HF3O2/c1-18-7-8-19(13-24(18)41-25-16-23(31-17-32-25)28(37)35-11-9-30-10-12-35)27(36)33-21-14-20(29(2,3)4)15-22(26(21)40-5)34-42(6,38)39;3-2(4,5)1(6)7/h7-8,13-17,30,34H,9-12H2,1-6H3,(H,33,36);(H,6,7). The average Bonchev–Trinajstić information content (AvgIpc) is 3.01. The highest BCUT2D eigenvalue weighted by Crippen LogP contribution is 2.39. The molecule has 1 aliphatic rings. The van der Waals surface area contributed by atoms with Gasteiger partial charge in [-0.05, 0) is 47.7 Å². The second-order valence-electron chi connectivity index (χ2n) is 11.9. The smallest absolute Gasteiger partial charge is 0.490 e. The summed E-state index contributed by atoms with van der Waals surface area (Å²) in [7, 11) is -2.22. The number of amides is 2. The number of halogens is 3. The number of aliphatic carboxylic acids is 1. The topological polar surface area (TPSA) is 189 Å². The molecule has 0 bridgehead atoms. The molecular formula is C31H37F3N6O8S. The van der Waals surface area contributed by atoms with E-state index in [1.165, 1.54) is 19.5 Å². The number of sulfonamides is 1. The summed E-state index contributed by atoms with van der Waals surface area (Å²) in [5.74, 6) is -2.71. The molecule has 14 nitrogen and oxygen atoms in total. The average molecular weight is 711 g/mol. The molecule has 266 valence electrons. The number of alkyl halides is 3. The Hall–Kier alpha value is -4.97. The molecule has 1 saturated heterocycles. The number of hydrogen-bond donors (Lipinski definition) is 4. The number of carboxylic acid groups (broad SMARTS) is 1. The number of carbonyl (C=O) groups excluding carboxylic acids is 2. The van der Waals surface area contributed by atoms with E-state index in [2.05, 4.69) is 25.3 Å². The molecule has 4 rings (SSSR count). The minimum Gasteiger partial charge on any atom is -0.492 e. The fourth-order valence-corrected chi connectivity index (χ4v) is 4.90. The molecule has 4 N–H and O–H groups in total. The van der Waals surface area contributed by atoms with E-state index in [1.807, 2.05) is 27.7 Å². The van der Waals surface area contributed by atoms with Gasteiger partial charge in [0.15, 0.2) is 5.75 Å². The minimum absolute atomic E-state index is 0.167. The number of aromatic nitrogens is 2. The van der Waals surface area contributed by atoms with E-state index in [-0.39, 0.29) is 39.9 Å². The van der Waals surface area contributed by atoms with Gasteiger partial charge < -0.3 is 30.1 Å². The highest BCUT2D eigenvalue weighted by molar-refractivity contribution is 7.92. The Balaban J connectivity index is 0.000000838. The van der Waals surface area contributed by atoms with Crippen LogP contribution in [0.15, 0.2) is 42.7 Å². The number of nitrogens with zero attached hydrogens (tertiary/aromatic N) is 3. The highest BCUT2D eigenvalue weighted by Gasteiger charge is 2.38. The number of carboxylic acids is 1. The zero-order valence-corrected chi connectivity index (χ0v) is 28.4. The van der Waals surface area contributed by atoms with Crippen molar-refractivity contribution < 1.29 is 50.6 Å². The van der Waals surface area contributed by atoms with Crippen LogP contribution in [-0.4, -0.2) is 91.9 Å². The van der Waals surface area contributed by atoms with Gasteiger partial charge in [-0.15, -0.1) is 0 Å². The summed E-state index contributed by atoms with van der Waals surface area (Å²) in [6.07, 6.45) is -2.77. The van der Waals surface area contributed by atoms with Gasteiger partial charge in [-0.3, -0.25) is 14.3 Å². The number of methoxy groups -OCH3 is 1. The third-order valence-electron chi connectivity index (χ3n) is 6.88. The Labute approximate surface area is 281 Å². The fourth-order valence-electron chi connectivity index (χ4n) is 4.35. The Kier molecular flexibility index (Phi) is 12.2. The van der Waals surface area contributed by atoms with Gasteiger partial charge >= 0.3 is 12.1 Å². The van der Waals surface area contributed by atoms with E-state index >= 15 is 0 Å². The summed E-state index contributed by atoms with van der Waals surface area (Å²) in [6.45, 7) is 10.4. The van der Waals surface area contributed by atoms with E-state index in [1.54, 1.807) is 35.2 Å². The fraction of sp³-hybridized carbons (Fsp3) is 0.387. The number of benzene rings is 2. The van der Waals surface area contributed by atoms with Gasteiger partial charge in [-0.25, -0.2) is 23.2 Å². The Morgan fingerprint density at radius 1 is 1.00 bits per heavy atom. The lowest BCUT2D eigenvalue weighted by Crippen LogP contribution is -2.46. The van der Waals surface area contributed by atoms with Crippen LogP contribution < -0.4 is 24.8 Å². The summed E-state index contributed by atoms with van der Waals surface area (Å²) >= 11 is 0. The number of piperazine rings is 1. The summed E-state index contributed by atoms with van der Waals surface area (Å²) in [4.78, 5) is 45.2. The van der Waals surface area contributed by atoms with Crippen molar-refractivity contribution in [2.75, 3.05) is 49.6 Å². The first-order chi connectivity index (χ1) is 22.7. The van der Waals surface area contributed by atoms with Gasteiger partial charge in [-0.2, -0.15) is 13.2 Å². The third kappa shape index (κ3) is 11.0. The molecular weight excluding hydrogens is 673 g/mol. The maximum absolute atomic E-state index is 13.4. The van der Waals surface area contributed by atoms with Gasteiger partial charge in [0.05, 0.1) is 24.7 Å². The van der Waals surface area contributed by atoms with Crippen molar-refractivity contribution in [3.05, 3.63) is 65.1 Å². The van der Waals surface area contributed by atoms with E-state index < -0.39 is 28.1 Å². The van der Waals surface area contributed by atoms with Crippen LogP contribution in [0.4, 0.5) is 24.5 Å². The molecule has 0 unspecified atom stereocenters. The van der Waals surface area contributed by atoms with Crippen LogP contribution in [0.3, 0.4) is 0 Å². The summed E-state index contributed by atoms with van der Waals surface area (Å²) < 4.78 is 69.8. The summed E-state index contributed by atoms with van der Waals surface area (Å²) in [5, 5.41) is 13.2. The second-order valence-corrected chi connectivity index (χ2v) is 13.6. The number of ether oxygens (including phenoxy) is 2. The molecule has 0 spiro atoms. The molecule has 18 heteroatoms. The molecule has 1 fully saturated rings. The van der Waals surface area contributed by atoms with Gasteiger partial charge in [0, 0.05) is 37.8 Å². The van der Waals surface area contributed by atoms with Gasteiger partial charge in [0.2, 0.25) is 15.9 Å². The van der Waals surface area contributed by atoms with Gasteiger partial charge in [0.25, 0.3) is 11.8 Å². The van der Waals surface area contributed by atoms with Crippen molar-refractivity contribution in [2.24, 2.45) is 0 Å². The van der Waals surface area contributed by atoms with Crippen molar-refractivity contribution >= 4 is 39.2 Å². The van der Waals surface area contributed by atoms with Crippen LogP contribution >= 0.6 is 0 Å². The number of hydrogen-bond acceptors (Lipinski definition) is 10. The van der Waals surface area contributed by atoms with Crippen LogP contribution in [0.5, 0.6) is 17.4 Å². The number of aryl methyl sites for hydroxylation is 1. The third-order valence-corrected chi connectivity index (χ3v) is 7.47. The molecule has 1 aromatic heterocycles. The SMILES string of the molecule is COc1c(NC(=O)c2ccc(C)c(Oc3cc(C(=O)N4CCNCC4)ncn3)c2)cc(C(C)(C)C)cc1NS(C)(=O)=O.O=C(O)C(F)(F)F. The summed E-state index contributed by atoms with van der Waals surface area (Å²) in [5.41, 5.74) is 2.19. The largest absolute Gasteiger partial charge is 0.492 e. The molecule has 2 aromatic carbocycles. The number of carbonyl (C=O) groups is 3. The van der Waals surface area contributed by atoms with Gasteiger partial charge in [-0.1, -0.05) is 26.8 Å². The monoisotopic (exact) mass is 710 g/mol. The molecule has 3 aromatic rings. The molecule has 0 aliphatic carbocycles. The second kappa shape index (κ2) is 15.5. The van der Waals surface area contributed by atoms with E-state index in [9.17, 15) is 31.2 Å². The van der Waals surface area contributed by atoms with E-state index in [4.69, 9.17) is 19.4 Å². The first-order valence-electron chi connectivity index (χ1n) is 14.6.